The number of benzene rings is 1. The van der Waals surface area contributed by atoms with Crippen molar-refractivity contribution in [1.29, 1.82) is 0 Å². The average molecular weight is 274 g/mol. The van der Waals surface area contributed by atoms with Gasteiger partial charge in [-0.2, -0.15) is 0 Å². The van der Waals surface area contributed by atoms with E-state index in [1.54, 1.807) is 4.57 Å². The van der Waals surface area contributed by atoms with E-state index in [2.05, 4.69) is 4.98 Å². The van der Waals surface area contributed by atoms with E-state index in [1.165, 1.54) is 11.3 Å². The quantitative estimate of drug-likeness (QED) is 0.690. The fraction of sp³-hybridized carbons (Fsp3) is 0.0769. The summed E-state index contributed by atoms with van der Waals surface area (Å²) < 4.78 is 2.69. The number of aryl methyl sites for hydroxylation is 1. The van der Waals surface area contributed by atoms with Gasteiger partial charge in [0, 0.05) is 0 Å². The molecule has 1 N–H and O–H groups in total. The van der Waals surface area contributed by atoms with Crippen LogP contribution in [0.25, 0.3) is 15.9 Å². The highest BCUT2D eigenvalue weighted by molar-refractivity contribution is 7.71. The fourth-order valence-corrected chi connectivity index (χ4v) is 3.04. The predicted octanol–water partition coefficient (Wildman–Crippen LogP) is 3.42. The Labute approximate surface area is 112 Å². The molecule has 0 amide bonds. The van der Waals surface area contributed by atoms with Gasteiger partial charge >= 0.3 is 0 Å². The number of para-hydroxylation sites is 1. The van der Waals surface area contributed by atoms with Crippen molar-refractivity contribution >= 4 is 33.8 Å². The van der Waals surface area contributed by atoms with Crippen molar-refractivity contribution in [2.75, 3.05) is 0 Å². The van der Waals surface area contributed by atoms with Crippen molar-refractivity contribution < 1.29 is 0 Å². The van der Waals surface area contributed by atoms with Crippen LogP contribution in [-0.2, 0) is 0 Å². The minimum atomic E-state index is -0.0574. The summed E-state index contributed by atoms with van der Waals surface area (Å²) in [6, 6.07) is 9.59. The van der Waals surface area contributed by atoms with E-state index in [0.29, 0.717) is 9.47 Å². The summed E-state index contributed by atoms with van der Waals surface area (Å²) in [5.74, 6) is 0. The van der Waals surface area contributed by atoms with Crippen molar-refractivity contribution in [2.24, 2.45) is 0 Å². The summed E-state index contributed by atoms with van der Waals surface area (Å²) in [6.45, 7) is 1.97. The largest absolute Gasteiger partial charge is 0.331 e. The van der Waals surface area contributed by atoms with E-state index in [9.17, 15) is 4.79 Å². The molecule has 3 rings (SSSR count). The molecular weight excluding hydrogens is 264 g/mol. The summed E-state index contributed by atoms with van der Waals surface area (Å²) >= 11 is 6.71. The first-order chi connectivity index (χ1) is 8.68. The van der Waals surface area contributed by atoms with Gasteiger partial charge in [-0.25, -0.2) is 0 Å². The predicted molar refractivity (Wildman–Crippen MR) is 77.3 cm³/mol. The number of aromatic amines is 1. The molecule has 0 bridgehead atoms. The SMILES string of the molecule is Cc1ccccc1-n1c(=S)[nH]c2ccsc2c1=O. The number of thiophene rings is 1. The second-order valence-electron chi connectivity index (χ2n) is 4.02. The minimum Gasteiger partial charge on any atom is -0.331 e. The molecule has 0 aliphatic rings. The molecule has 0 aliphatic heterocycles. The zero-order valence-electron chi connectivity index (χ0n) is 9.64. The first-order valence-corrected chi connectivity index (χ1v) is 6.76. The molecule has 3 nitrogen and oxygen atoms in total. The van der Waals surface area contributed by atoms with Gasteiger partial charge in [-0.15, -0.1) is 11.3 Å². The summed E-state index contributed by atoms with van der Waals surface area (Å²) in [5.41, 5.74) is 2.60. The summed E-state index contributed by atoms with van der Waals surface area (Å²) in [4.78, 5) is 15.5. The molecule has 0 atom stereocenters. The van der Waals surface area contributed by atoms with Gasteiger partial charge in [0.15, 0.2) is 4.77 Å². The Hall–Kier alpha value is -1.72. The molecule has 3 aromatic rings. The molecule has 1 aromatic carbocycles. The molecule has 18 heavy (non-hydrogen) atoms. The molecule has 2 heterocycles. The third-order valence-electron chi connectivity index (χ3n) is 2.86. The summed E-state index contributed by atoms with van der Waals surface area (Å²) in [7, 11) is 0. The third kappa shape index (κ3) is 1.63. The molecule has 0 fully saturated rings. The molecular formula is C13H10N2OS2. The lowest BCUT2D eigenvalue weighted by molar-refractivity contribution is 0.934. The number of fused-ring (bicyclic) bond motifs is 1. The maximum Gasteiger partial charge on any atom is 0.276 e. The van der Waals surface area contributed by atoms with E-state index in [1.807, 2.05) is 42.6 Å². The van der Waals surface area contributed by atoms with Gasteiger partial charge in [-0.3, -0.25) is 9.36 Å². The highest BCUT2D eigenvalue weighted by Crippen LogP contribution is 2.17. The number of hydrogen-bond acceptors (Lipinski definition) is 3. The summed E-state index contributed by atoms with van der Waals surface area (Å²) in [5, 5.41) is 1.89. The molecule has 90 valence electrons. The Kier molecular flexibility index (Phi) is 2.65. The van der Waals surface area contributed by atoms with Gasteiger partial charge < -0.3 is 4.98 Å². The number of aromatic nitrogens is 2. The van der Waals surface area contributed by atoms with Crippen molar-refractivity contribution in [1.82, 2.24) is 9.55 Å². The molecule has 0 unspecified atom stereocenters. The lowest BCUT2D eigenvalue weighted by Crippen LogP contribution is -2.20. The van der Waals surface area contributed by atoms with Crippen LogP contribution < -0.4 is 5.56 Å². The molecule has 0 aliphatic carbocycles. The Bertz CT molecular complexity index is 842. The van der Waals surface area contributed by atoms with E-state index in [-0.39, 0.29) is 5.56 Å². The molecule has 0 saturated carbocycles. The summed E-state index contributed by atoms with van der Waals surface area (Å²) in [6.07, 6.45) is 0. The van der Waals surface area contributed by atoms with Crippen LogP contribution >= 0.6 is 23.6 Å². The van der Waals surface area contributed by atoms with E-state index < -0.39 is 0 Å². The first-order valence-electron chi connectivity index (χ1n) is 5.47. The normalized spacial score (nSPS) is 10.9. The average Bonchev–Trinajstić information content (AvgIpc) is 2.79. The van der Waals surface area contributed by atoms with Gasteiger partial charge in [-0.05, 0) is 42.2 Å². The van der Waals surface area contributed by atoms with Crippen LogP contribution in [0.3, 0.4) is 0 Å². The molecule has 0 saturated heterocycles. The lowest BCUT2D eigenvalue weighted by Gasteiger charge is -2.08. The van der Waals surface area contributed by atoms with Crippen LogP contribution in [0.4, 0.5) is 0 Å². The van der Waals surface area contributed by atoms with Crippen LogP contribution in [0.1, 0.15) is 5.56 Å². The van der Waals surface area contributed by atoms with Gasteiger partial charge in [0.2, 0.25) is 0 Å². The van der Waals surface area contributed by atoms with Gasteiger partial charge in [0.05, 0.1) is 11.2 Å². The van der Waals surface area contributed by atoms with E-state index >= 15 is 0 Å². The van der Waals surface area contributed by atoms with Crippen LogP contribution in [0.5, 0.6) is 0 Å². The third-order valence-corrected chi connectivity index (χ3v) is 4.05. The van der Waals surface area contributed by atoms with Crippen molar-refractivity contribution in [3.8, 4) is 5.69 Å². The van der Waals surface area contributed by atoms with Gasteiger partial charge in [-0.1, -0.05) is 18.2 Å². The van der Waals surface area contributed by atoms with Crippen molar-refractivity contribution in [3.63, 3.8) is 0 Å². The van der Waals surface area contributed by atoms with E-state index in [4.69, 9.17) is 12.2 Å². The van der Waals surface area contributed by atoms with Crippen molar-refractivity contribution in [2.45, 2.75) is 6.92 Å². The number of rotatable bonds is 1. The smallest absolute Gasteiger partial charge is 0.276 e. The first kappa shape index (κ1) is 11.4. The monoisotopic (exact) mass is 274 g/mol. The Balaban J connectivity index is 2.47. The zero-order chi connectivity index (χ0) is 12.7. The second kappa shape index (κ2) is 4.19. The molecule has 0 radical (unpaired) electrons. The Morgan fingerprint density at radius 2 is 2.06 bits per heavy atom. The lowest BCUT2D eigenvalue weighted by atomic mass is 10.2. The Morgan fingerprint density at radius 3 is 2.83 bits per heavy atom. The van der Waals surface area contributed by atoms with Crippen molar-refractivity contribution in [3.05, 3.63) is 56.4 Å². The van der Waals surface area contributed by atoms with E-state index in [0.717, 1.165) is 16.8 Å². The van der Waals surface area contributed by atoms with Gasteiger partial charge in [0.1, 0.15) is 4.70 Å². The van der Waals surface area contributed by atoms with Gasteiger partial charge in [0.25, 0.3) is 5.56 Å². The Morgan fingerprint density at radius 1 is 1.28 bits per heavy atom. The molecule has 0 spiro atoms. The number of hydrogen-bond donors (Lipinski definition) is 1. The topological polar surface area (TPSA) is 37.8 Å². The molecule has 5 heteroatoms. The number of H-pyrrole nitrogens is 1. The maximum atomic E-state index is 12.4. The van der Waals surface area contributed by atoms with Crippen LogP contribution in [0.2, 0.25) is 0 Å². The van der Waals surface area contributed by atoms with Crippen LogP contribution in [-0.4, -0.2) is 9.55 Å². The number of nitrogens with zero attached hydrogens (tertiary/aromatic N) is 1. The zero-order valence-corrected chi connectivity index (χ0v) is 11.3. The second-order valence-corrected chi connectivity index (χ2v) is 5.32. The standard InChI is InChI=1S/C13H10N2OS2/c1-8-4-2-3-5-10(8)15-12(16)11-9(6-7-18-11)14-13(15)17/h2-7H,1H3,(H,14,17). The highest BCUT2D eigenvalue weighted by Gasteiger charge is 2.09. The molecule has 2 aromatic heterocycles. The van der Waals surface area contributed by atoms with Crippen LogP contribution in [0.15, 0.2) is 40.5 Å². The van der Waals surface area contributed by atoms with Crippen LogP contribution in [0, 0.1) is 11.7 Å². The number of nitrogens with one attached hydrogen (secondary N) is 1. The fourth-order valence-electron chi connectivity index (χ4n) is 1.97. The maximum absolute atomic E-state index is 12.4. The highest BCUT2D eigenvalue weighted by atomic mass is 32.1. The minimum absolute atomic E-state index is 0.0574.